The lowest BCUT2D eigenvalue weighted by Crippen LogP contribution is -2.33. The number of aliphatic hydroxyl groups is 1. The monoisotopic (exact) mass is 330 g/mol. The van der Waals surface area contributed by atoms with Gasteiger partial charge in [0.1, 0.15) is 0 Å². The molecule has 0 fully saturated rings. The fourth-order valence-corrected chi connectivity index (χ4v) is 3.54. The summed E-state index contributed by atoms with van der Waals surface area (Å²) < 4.78 is 27.1. The summed E-state index contributed by atoms with van der Waals surface area (Å²) in [5.41, 5.74) is 1.76. The number of benzene rings is 2. The van der Waals surface area contributed by atoms with Crippen LogP contribution in [-0.4, -0.2) is 26.2 Å². The van der Waals surface area contributed by atoms with Crippen molar-refractivity contribution in [3.8, 4) is 6.07 Å². The van der Waals surface area contributed by atoms with Crippen molar-refractivity contribution in [3.05, 3.63) is 65.2 Å². The van der Waals surface area contributed by atoms with Crippen molar-refractivity contribution in [2.24, 2.45) is 0 Å². The normalized spacial score (nSPS) is 12.6. The van der Waals surface area contributed by atoms with Crippen LogP contribution in [0.25, 0.3) is 0 Å². The van der Waals surface area contributed by atoms with E-state index in [9.17, 15) is 13.5 Å². The summed E-state index contributed by atoms with van der Waals surface area (Å²) in [7, 11) is -3.77. The summed E-state index contributed by atoms with van der Waals surface area (Å²) in [5.74, 6) is 0. The number of nitrogens with zero attached hydrogens (tertiary/aromatic N) is 1. The Hall–Kier alpha value is -2.20. The van der Waals surface area contributed by atoms with Crippen LogP contribution in [0.3, 0.4) is 0 Å². The molecule has 1 atom stereocenters. The topological polar surface area (TPSA) is 90.2 Å². The molecule has 0 aliphatic carbocycles. The van der Waals surface area contributed by atoms with Gasteiger partial charge in [-0.2, -0.15) is 5.26 Å². The Morgan fingerprint density at radius 1 is 1.22 bits per heavy atom. The first-order valence-corrected chi connectivity index (χ1v) is 8.63. The zero-order chi connectivity index (χ0) is 16.9. The average molecular weight is 330 g/mol. The molecule has 0 spiro atoms. The van der Waals surface area contributed by atoms with Crippen molar-refractivity contribution in [2.45, 2.75) is 24.3 Å². The van der Waals surface area contributed by atoms with E-state index < -0.39 is 16.1 Å². The number of nitriles is 1. The van der Waals surface area contributed by atoms with Crippen molar-refractivity contribution in [3.63, 3.8) is 0 Å². The van der Waals surface area contributed by atoms with Gasteiger partial charge < -0.3 is 5.11 Å². The van der Waals surface area contributed by atoms with Gasteiger partial charge in [0, 0.05) is 6.54 Å². The molecule has 120 valence electrons. The van der Waals surface area contributed by atoms with Gasteiger partial charge in [0.05, 0.1) is 22.6 Å². The Morgan fingerprint density at radius 2 is 1.91 bits per heavy atom. The Morgan fingerprint density at radius 3 is 2.57 bits per heavy atom. The van der Waals surface area contributed by atoms with Gasteiger partial charge in [-0.1, -0.05) is 36.4 Å². The fraction of sp³-hybridized carbons (Fsp3) is 0.235. The SMILES string of the molecule is Cc1ccc(C#N)cc1S(=O)(=O)NCC(O)Cc1ccccc1. The lowest BCUT2D eigenvalue weighted by molar-refractivity contribution is 0.179. The predicted molar refractivity (Wildman–Crippen MR) is 87.2 cm³/mol. The lowest BCUT2D eigenvalue weighted by atomic mass is 10.1. The number of sulfonamides is 1. The smallest absolute Gasteiger partial charge is 0.240 e. The van der Waals surface area contributed by atoms with E-state index in [-0.39, 0.29) is 17.0 Å². The Kier molecular flexibility index (Phi) is 5.50. The van der Waals surface area contributed by atoms with E-state index in [1.54, 1.807) is 19.1 Å². The predicted octanol–water partition coefficient (Wildman–Crippen LogP) is 1.75. The fourth-order valence-electron chi connectivity index (χ4n) is 2.20. The van der Waals surface area contributed by atoms with Gasteiger partial charge in [-0.15, -0.1) is 0 Å². The van der Waals surface area contributed by atoms with Crippen LogP contribution < -0.4 is 4.72 Å². The van der Waals surface area contributed by atoms with Crippen LogP contribution in [0, 0.1) is 18.3 Å². The Bertz CT molecular complexity index is 811. The van der Waals surface area contributed by atoms with Crippen LogP contribution >= 0.6 is 0 Å². The van der Waals surface area contributed by atoms with Gasteiger partial charge >= 0.3 is 0 Å². The number of aryl methyl sites for hydroxylation is 1. The third kappa shape index (κ3) is 4.63. The first-order valence-electron chi connectivity index (χ1n) is 7.15. The summed E-state index contributed by atoms with van der Waals surface area (Å²) >= 11 is 0. The van der Waals surface area contributed by atoms with Crippen molar-refractivity contribution in [1.82, 2.24) is 4.72 Å². The number of hydrogen-bond acceptors (Lipinski definition) is 4. The molecule has 2 N–H and O–H groups in total. The molecule has 6 heteroatoms. The van der Waals surface area contributed by atoms with Gasteiger partial charge in [0.2, 0.25) is 10.0 Å². The molecule has 0 aromatic heterocycles. The van der Waals surface area contributed by atoms with Crippen molar-refractivity contribution >= 4 is 10.0 Å². The third-order valence-corrected chi connectivity index (χ3v) is 5.00. The van der Waals surface area contributed by atoms with Gasteiger partial charge in [0.15, 0.2) is 0 Å². The highest BCUT2D eigenvalue weighted by atomic mass is 32.2. The first kappa shape index (κ1) is 17.2. The second-order valence-electron chi connectivity index (χ2n) is 5.29. The Labute approximate surface area is 136 Å². The van der Waals surface area contributed by atoms with E-state index >= 15 is 0 Å². The van der Waals surface area contributed by atoms with Gasteiger partial charge in [-0.05, 0) is 36.6 Å². The number of rotatable bonds is 6. The summed E-state index contributed by atoms with van der Waals surface area (Å²) in [6.45, 7) is 1.57. The summed E-state index contributed by atoms with van der Waals surface area (Å²) in [4.78, 5) is 0.0588. The molecule has 0 aliphatic rings. The largest absolute Gasteiger partial charge is 0.391 e. The van der Waals surface area contributed by atoms with E-state index in [2.05, 4.69) is 4.72 Å². The van der Waals surface area contributed by atoms with Crippen LogP contribution in [0.2, 0.25) is 0 Å². The maximum atomic E-state index is 12.3. The molecule has 0 saturated carbocycles. The highest BCUT2D eigenvalue weighted by Crippen LogP contribution is 2.16. The number of nitrogens with one attached hydrogen (secondary N) is 1. The van der Waals surface area contributed by atoms with Gasteiger partial charge in [-0.25, -0.2) is 13.1 Å². The number of hydrogen-bond donors (Lipinski definition) is 2. The van der Waals surface area contributed by atoms with Crippen LogP contribution in [0.1, 0.15) is 16.7 Å². The molecular weight excluding hydrogens is 312 g/mol. The van der Waals surface area contributed by atoms with Crippen LogP contribution in [-0.2, 0) is 16.4 Å². The average Bonchev–Trinajstić information content (AvgIpc) is 2.54. The third-order valence-electron chi connectivity index (χ3n) is 3.43. The van der Waals surface area contributed by atoms with Crippen LogP contribution in [0.4, 0.5) is 0 Å². The second kappa shape index (κ2) is 7.38. The summed E-state index contributed by atoms with van der Waals surface area (Å²) in [6.07, 6.45) is -0.466. The molecule has 2 aromatic carbocycles. The molecule has 0 radical (unpaired) electrons. The van der Waals surface area contributed by atoms with Crippen LogP contribution in [0.5, 0.6) is 0 Å². The molecule has 23 heavy (non-hydrogen) atoms. The standard InChI is InChI=1S/C17H18N2O3S/c1-13-7-8-15(11-18)10-17(13)23(21,22)19-12-16(20)9-14-5-3-2-4-6-14/h2-8,10,16,19-20H,9,12H2,1H3. The van der Waals surface area contributed by atoms with Crippen molar-refractivity contribution in [1.29, 1.82) is 5.26 Å². The summed E-state index contributed by atoms with van der Waals surface area (Å²) in [5, 5.41) is 18.9. The molecule has 5 nitrogen and oxygen atoms in total. The zero-order valence-corrected chi connectivity index (χ0v) is 13.5. The second-order valence-corrected chi connectivity index (χ2v) is 7.02. The van der Waals surface area contributed by atoms with Gasteiger partial charge in [0.25, 0.3) is 0 Å². The molecular formula is C17H18N2O3S. The summed E-state index contributed by atoms with van der Waals surface area (Å²) in [6, 6.07) is 15.8. The molecule has 0 saturated heterocycles. The molecule has 0 amide bonds. The highest BCUT2D eigenvalue weighted by molar-refractivity contribution is 7.89. The van der Waals surface area contributed by atoms with E-state index in [1.165, 1.54) is 6.07 Å². The van der Waals surface area contributed by atoms with E-state index in [0.717, 1.165) is 5.56 Å². The van der Waals surface area contributed by atoms with Crippen LogP contribution in [0.15, 0.2) is 53.4 Å². The molecule has 0 aliphatic heterocycles. The van der Waals surface area contributed by atoms with E-state index in [4.69, 9.17) is 5.26 Å². The Balaban J connectivity index is 2.06. The molecule has 1 unspecified atom stereocenters. The minimum absolute atomic E-state index is 0.0588. The molecule has 2 rings (SSSR count). The number of aliphatic hydroxyl groups excluding tert-OH is 1. The maximum Gasteiger partial charge on any atom is 0.240 e. The quantitative estimate of drug-likeness (QED) is 0.844. The van der Waals surface area contributed by atoms with E-state index in [0.29, 0.717) is 12.0 Å². The minimum atomic E-state index is -3.77. The van der Waals surface area contributed by atoms with Gasteiger partial charge in [-0.3, -0.25) is 0 Å². The first-order chi connectivity index (χ1) is 10.9. The van der Waals surface area contributed by atoms with Crippen molar-refractivity contribution in [2.75, 3.05) is 6.54 Å². The highest BCUT2D eigenvalue weighted by Gasteiger charge is 2.19. The molecule has 2 aromatic rings. The van der Waals surface area contributed by atoms with Crippen molar-refractivity contribution < 1.29 is 13.5 Å². The lowest BCUT2D eigenvalue weighted by Gasteiger charge is -2.13. The molecule has 0 heterocycles. The molecule has 0 bridgehead atoms. The minimum Gasteiger partial charge on any atom is -0.391 e. The van der Waals surface area contributed by atoms with E-state index in [1.807, 2.05) is 36.4 Å². The maximum absolute atomic E-state index is 12.3. The zero-order valence-electron chi connectivity index (χ0n) is 12.7.